The fourth-order valence-corrected chi connectivity index (χ4v) is 4.67. The molecule has 1 heterocycles. The third-order valence-corrected chi connectivity index (χ3v) is 7.05. The normalized spacial score (nSPS) is 10.9. The standard InChI is InChI=1S/C29H25N3O4S2/c1-36-23-13-9-21(10-14-23)30-27(33)19-38-24-15-11-22(12-16-24)31-29(35)26(18-25-8-5-17-37-25)32-28(34)20-6-3-2-4-7-20/h2-18H,19H2,1H3,(H,30,33)(H,31,35)(H,32,34)/b26-18-. The lowest BCUT2D eigenvalue weighted by Crippen LogP contribution is -2.30. The lowest BCUT2D eigenvalue weighted by Gasteiger charge is -2.11. The van der Waals surface area contributed by atoms with Crippen molar-refractivity contribution < 1.29 is 19.1 Å². The molecule has 0 atom stereocenters. The average molecular weight is 544 g/mol. The third-order valence-electron chi connectivity index (χ3n) is 5.21. The maximum Gasteiger partial charge on any atom is 0.272 e. The Bertz CT molecular complexity index is 1400. The molecule has 1 aromatic heterocycles. The van der Waals surface area contributed by atoms with E-state index < -0.39 is 5.91 Å². The molecule has 3 amide bonds. The number of benzene rings is 3. The van der Waals surface area contributed by atoms with Crippen LogP contribution in [0.1, 0.15) is 15.2 Å². The van der Waals surface area contributed by atoms with Gasteiger partial charge in [0, 0.05) is 26.7 Å². The molecule has 0 spiro atoms. The number of nitrogens with one attached hydrogen (secondary N) is 3. The van der Waals surface area contributed by atoms with E-state index in [4.69, 9.17) is 4.74 Å². The minimum atomic E-state index is -0.443. The van der Waals surface area contributed by atoms with Crippen LogP contribution in [-0.4, -0.2) is 30.6 Å². The molecule has 0 bridgehead atoms. The number of ether oxygens (including phenoxy) is 1. The molecule has 0 radical (unpaired) electrons. The Labute approximate surface area is 228 Å². The predicted molar refractivity (Wildman–Crippen MR) is 154 cm³/mol. The van der Waals surface area contributed by atoms with Gasteiger partial charge in [0.1, 0.15) is 11.4 Å². The second-order valence-corrected chi connectivity index (χ2v) is 9.97. The van der Waals surface area contributed by atoms with Gasteiger partial charge < -0.3 is 20.7 Å². The largest absolute Gasteiger partial charge is 0.497 e. The fraction of sp³-hybridized carbons (Fsp3) is 0.0690. The molecule has 9 heteroatoms. The Balaban J connectivity index is 1.35. The Hall–Kier alpha value is -4.34. The molecule has 192 valence electrons. The molecule has 4 rings (SSSR count). The van der Waals surface area contributed by atoms with Crippen LogP contribution in [0.25, 0.3) is 6.08 Å². The van der Waals surface area contributed by atoms with Gasteiger partial charge in [0.2, 0.25) is 5.91 Å². The number of methoxy groups -OCH3 is 1. The first-order valence-electron chi connectivity index (χ1n) is 11.6. The van der Waals surface area contributed by atoms with Crippen LogP contribution in [0.3, 0.4) is 0 Å². The molecule has 38 heavy (non-hydrogen) atoms. The summed E-state index contributed by atoms with van der Waals surface area (Å²) in [6.07, 6.45) is 1.65. The first-order valence-corrected chi connectivity index (χ1v) is 13.5. The number of amides is 3. The summed E-state index contributed by atoms with van der Waals surface area (Å²) >= 11 is 2.84. The van der Waals surface area contributed by atoms with Crippen molar-refractivity contribution in [2.75, 3.05) is 23.5 Å². The van der Waals surface area contributed by atoms with Crippen molar-refractivity contribution in [3.63, 3.8) is 0 Å². The molecule has 4 aromatic rings. The molecule has 0 saturated carbocycles. The van der Waals surface area contributed by atoms with E-state index in [9.17, 15) is 14.4 Å². The van der Waals surface area contributed by atoms with Crippen LogP contribution >= 0.6 is 23.1 Å². The molecule has 0 aliphatic carbocycles. The van der Waals surface area contributed by atoms with Crippen LogP contribution < -0.4 is 20.7 Å². The van der Waals surface area contributed by atoms with Gasteiger partial charge in [-0.05, 0) is 78.2 Å². The quantitative estimate of drug-likeness (QED) is 0.171. The van der Waals surface area contributed by atoms with E-state index in [2.05, 4.69) is 16.0 Å². The van der Waals surface area contributed by atoms with Crippen LogP contribution in [0.4, 0.5) is 11.4 Å². The van der Waals surface area contributed by atoms with Crippen LogP contribution in [0.15, 0.2) is 107 Å². The van der Waals surface area contributed by atoms with Gasteiger partial charge in [0.05, 0.1) is 12.9 Å². The van der Waals surface area contributed by atoms with Gasteiger partial charge in [-0.15, -0.1) is 23.1 Å². The number of hydrogen-bond acceptors (Lipinski definition) is 6. The highest BCUT2D eigenvalue weighted by atomic mass is 32.2. The molecule has 0 aliphatic rings. The lowest BCUT2D eigenvalue weighted by atomic mass is 10.2. The first-order chi connectivity index (χ1) is 18.5. The van der Waals surface area contributed by atoms with Crippen molar-refractivity contribution in [2.24, 2.45) is 0 Å². The Morgan fingerprint density at radius 3 is 2.18 bits per heavy atom. The summed E-state index contributed by atoms with van der Waals surface area (Å²) in [6.45, 7) is 0. The average Bonchev–Trinajstić information content (AvgIpc) is 3.46. The van der Waals surface area contributed by atoms with E-state index in [0.717, 1.165) is 15.5 Å². The number of carbonyl (C=O) groups is 3. The number of rotatable bonds is 10. The highest BCUT2D eigenvalue weighted by Crippen LogP contribution is 2.22. The van der Waals surface area contributed by atoms with E-state index in [1.54, 1.807) is 73.8 Å². The Morgan fingerprint density at radius 1 is 0.842 bits per heavy atom. The lowest BCUT2D eigenvalue weighted by molar-refractivity contribution is -0.114. The van der Waals surface area contributed by atoms with Gasteiger partial charge in [-0.3, -0.25) is 14.4 Å². The highest BCUT2D eigenvalue weighted by molar-refractivity contribution is 8.00. The van der Waals surface area contributed by atoms with Crippen LogP contribution in [0.2, 0.25) is 0 Å². The van der Waals surface area contributed by atoms with Gasteiger partial charge >= 0.3 is 0 Å². The van der Waals surface area contributed by atoms with Crippen LogP contribution in [0, 0.1) is 0 Å². The molecular formula is C29H25N3O4S2. The van der Waals surface area contributed by atoms with Gasteiger partial charge in [-0.25, -0.2) is 0 Å². The van der Waals surface area contributed by atoms with Crippen molar-refractivity contribution in [3.05, 3.63) is 113 Å². The van der Waals surface area contributed by atoms with Crippen LogP contribution in [0.5, 0.6) is 5.75 Å². The first kappa shape index (κ1) is 26.7. The zero-order valence-corrected chi connectivity index (χ0v) is 22.1. The number of thiophene rings is 1. The molecular weight excluding hydrogens is 518 g/mol. The van der Waals surface area contributed by atoms with Gasteiger partial charge in [-0.1, -0.05) is 24.3 Å². The molecule has 0 aliphatic heterocycles. The summed E-state index contributed by atoms with van der Waals surface area (Å²) < 4.78 is 5.12. The predicted octanol–water partition coefficient (Wildman–Crippen LogP) is 5.90. The van der Waals surface area contributed by atoms with E-state index in [1.807, 2.05) is 35.7 Å². The Kier molecular flexibility index (Phi) is 9.33. The zero-order valence-electron chi connectivity index (χ0n) is 20.5. The van der Waals surface area contributed by atoms with Crippen LogP contribution in [-0.2, 0) is 9.59 Å². The maximum atomic E-state index is 13.1. The van der Waals surface area contributed by atoms with E-state index in [-0.39, 0.29) is 23.3 Å². The molecule has 7 nitrogen and oxygen atoms in total. The number of hydrogen-bond donors (Lipinski definition) is 3. The van der Waals surface area contributed by atoms with Crippen molar-refractivity contribution in [1.29, 1.82) is 0 Å². The number of carbonyl (C=O) groups excluding carboxylic acids is 3. The molecule has 0 saturated heterocycles. The molecule has 0 unspecified atom stereocenters. The summed E-state index contributed by atoms with van der Waals surface area (Å²) in [5.74, 6) is 0.00855. The van der Waals surface area contributed by atoms with Crippen molar-refractivity contribution in [3.8, 4) is 5.75 Å². The van der Waals surface area contributed by atoms with Gasteiger partial charge in [-0.2, -0.15) is 0 Å². The summed E-state index contributed by atoms with van der Waals surface area (Å²) in [5, 5.41) is 10.3. The van der Waals surface area contributed by atoms with Crippen molar-refractivity contribution in [1.82, 2.24) is 5.32 Å². The van der Waals surface area contributed by atoms with E-state index >= 15 is 0 Å². The third kappa shape index (κ3) is 7.83. The topological polar surface area (TPSA) is 96.5 Å². The zero-order chi connectivity index (χ0) is 26.7. The monoisotopic (exact) mass is 543 g/mol. The molecule has 3 N–H and O–H groups in total. The smallest absolute Gasteiger partial charge is 0.272 e. The maximum absolute atomic E-state index is 13.1. The minimum Gasteiger partial charge on any atom is -0.497 e. The second kappa shape index (κ2) is 13.3. The van der Waals surface area contributed by atoms with E-state index in [1.165, 1.54) is 23.1 Å². The van der Waals surface area contributed by atoms with E-state index in [0.29, 0.717) is 16.9 Å². The second-order valence-electron chi connectivity index (χ2n) is 7.94. The number of thioether (sulfide) groups is 1. The summed E-state index contributed by atoms with van der Waals surface area (Å²) in [7, 11) is 1.59. The number of anilines is 2. The van der Waals surface area contributed by atoms with Crippen molar-refractivity contribution >= 4 is 58.3 Å². The van der Waals surface area contributed by atoms with Crippen molar-refractivity contribution in [2.45, 2.75) is 4.90 Å². The SMILES string of the molecule is COc1ccc(NC(=O)CSc2ccc(NC(=O)/C(=C/c3cccs3)NC(=O)c3ccccc3)cc2)cc1. The summed E-state index contributed by atoms with van der Waals surface area (Å²) in [5.41, 5.74) is 1.85. The van der Waals surface area contributed by atoms with Gasteiger partial charge in [0.15, 0.2) is 0 Å². The molecule has 0 fully saturated rings. The summed E-state index contributed by atoms with van der Waals surface area (Å²) in [6, 6.07) is 26.7. The highest BCUT2D eigenvalue weighted by Gasteiger charge is 2.15. The fourth-order valence-electron chi connectivity index (χ4n) is 3.31. The summed E-state index contributed by atoms with van der Waals surface area (Å²) in [4.78, 5) is 39.8. The van der Waals surface area contributed by atoms with Gasteiger partial charge in [0.25, 0.3) is 11.8 Å². The Morgan fingerprint density at radius 2 is 1.53 bits per heavy atom. The minimum absolute atomic E-state index is 0.130. The molecule has 3 aromatic carbocycles.